The zero-order chi connectivity index (χ0) is 10.0. The van der Waals surface area contributed by atoms with Crippen LogP contribution in [-0.4, -0.2) is 29.8 Å². The number of aromatic nitrogens is 2. The highest BCUT2D eigenvalue weighted by Gasteiger charge is 2.24. The Morgan fingerprint density at radius 1 is 1.57 bits per heavy atom. The lowest BCUT2D eigenvalue weighted by atomic mass is 10.5. The van der Waals surface area contributed by atoms with Gasteiger partial charge in [0.15, 0.2) is 5.04 Å². The summed E-state index contributed by atoms with van der Waals surface area (Å²) in [5, 5.41) is 7.39. The molecule has 6 nitrogen and oxygen atoms in total. The molecule has 1 aliphatic heterocycles. The zero-order valence-corrected chi connectivity index (χ0v) is 8.14. The Balaban J connectivity index is 2.17. The third-order valence-electron chi connectivity index (χ3n) is 1.79. The molecule has 0 unspecified atom stereocenters. The van der Waals surface area contributed by atoms with Gasteiger partial charge in [0, 0.05) is 18.8 Å². The number of hydrogen-bond donors (Lipinski definition) is 0. The SMILES string of the molecule is O=S(=O)(Cn1cccn1)C1=NOCC1. The summed E-state index contributed by atoms with van der Waals surface area (Å²) < 4.78 is 24.6. The van der Waals surface area contributed by atoms with Crippen LogP contribution in [0.4, 0.5) is 0 Å². The second-order valence-corrected chi connectivity index (χ2v) is 4.82. The molecule has 0 aromatic carbocycles. The van der Waals surface area contributed by atoms with E-state index in [1.54, 1.807) is 12.3 Å². The molecule has 0 saturated heterocycles. The van der Waals surface area contributed by atoms with Crippen LogP contribution in [0.3, 0.4) is 0 Å². The monoisotopic (exact) mass is 215 g/mol. The predicted molar refractivity (Wildman–Crippen MR) is 49.2 cm³/mol. The highest BCUT2D eigenvalue weighted by molar-refractivity contribution is 8.05. The molecular weight excluding hydrogens is 206 g/mol. The highest BCUT2D eigenvalue weighted by atomic mass is 32.2. The maximum Gasteiger partial charge on any atom is 0.215 e. The first-order valence-corrected chi connectivity index (χ1v) is 5.73. The molecule has 0 bridgehead atoms. The third-order valence-corrected chi connectivity index (χ3v) is 3.40. The van der Waals surface area contributed by atoms with Crippen LogP contribution in [0.15, 0.2) is 23.6 Å². The lowest BCUT2D eigenvalue weighted by molar-refractivity contribution is 0.174. The second kappa shape index (κ2) is 3.41. The largest absolute Gasteiger partial charge is 0.395 e. The minimum Gasteiger partial charge on any atom is -0.395 e. The van der Waals surface area contributed by atoms with E-state index in [-0.39, 0.29) is 10.9 Å². The Kier molecular flexibility index (Phi) is 2.24. The van der Waals surface area contributed by atoms with Crippen molar-refractivity contribution in [3.05, 3.63) is 18.5 Å². The first-order chi connectivity index (χ1) is 6.68. The fourth-order valence-electron chi connectivity index (χ4n) is 1.13. The molecule has 0 spiro atoms. The predicted octanol–water partition coefficient (Wildman–Crippen LogP) is -0.0108. The fraction of sp³-hybridized carbons (Fsp3) is 0.429. The maximum atomic E-state index is 11.6. The molecule has 0 fully saturated rings. The number of sulfone groups is 1. The minimum absolute atomic E-state index is 0.105. The highest BCUT2D eigenvalue weighted by Crippen LogP contribution is 2.09. The van der Waals surface area contributed by atoms with Gasteiger partial charge in [-0.15, -0.1) is 0 Å². The normalized spacial score (nSPS) is 16.4. The zero-order valence-electron chi connectivity index (χ0n) is 7.33. The summed E-state index contributed by atoms with van der Waals surface area (Å²) in [6.45, 7) is 0.341. The average Bonchev–Trinajstić information content (AvgIpc) is 2.71. The van der Waals surface area contributed by atoms with Gasteiger partial charge in [0.25, 0.3) is 0 Å². The summed E-state index contributed by atoms with van der Waals surface area (Å²) in [5.74, 6) is -0.178. The van der Waals surface area contributed by atoms with Gasteiger partial charge in [-0.3, -0.25) is 4.68 Å². The van der Waals surface area contributed by atoms with Crippen molar-refractivity contribution in [2.75, 3.05) is 6.61 Å². The van der Waals surface area contributed by atoms with Crippen molar-refractivity contribution in [1.82, 2.24) is 9.78 Å². The van der Waals surface area contributed by atoms with E-state index in [1.165, 1.54) is 10.9 Å². The summed E-state index contributed by atoms with van der Waals surface area (Å²) in [4.78, 5) is 4.64. The van der Waals surface area contributed by atoms with Crippen LogP contribution in [0.5, 0.6) is 0 Å². The van der Waals surface area contributed by atoms with Gasteiger partial charge in [-0.1, -0.05) is 5.16 Å². The molecule has 0 aliphatic carbocycles. The van der Waals surface area contributed by atoms with E-state index in [2.05, 4.69) is 15.1 Å². The fourth-order valence-corrected chi connectivity index (χ4v) is 2.34. The number of nitrogens with zero attached hydrogens (tertiary/aromatic N) is 3. The van der Waals surface area contributed by atoms with E-state index in [4.69, 9.17) is 0 Å². The van der Waals surface area contributed by atoms with Gasteiger partial charge in [-0.25, -0.2) is 8.42 Å². The molecule has 0 saturated carbocycles. The van der Waals surface area contributed by atoms with Crippen LogP contribution in [0.25, 0.3) is 0 Å². The lowest BCUT2D eigenvalue weighted by Crippen LogP contribution is -2.19. The third kappa shape index (κ3) is 1.77. The first-order valence-electron chi connectivity index (χ1n) is 4.07. The van der Waals surface area contributed by atoms with Crippen LogP contribution in [0, 0.1) is 0 Å². The van der Waals surface area contributed by atoms with E-state index < -0.39 is 9.84 Å². The van der Waals surface area contributed by atoms with Crippen LogP contribution in [-0.2, 0) is 20.6 Å². The Hall–Kier alpha value is -1.37. The summed E-state index contributed by atoms with van der Waals surface area (Å²) in [6.07, 6.45) is 3.47. The Morgan fingerprint density at radius 2 is 2.43 bits per heavy atom. The van der Waals surface area contributed by atoms with E-state index in [9.17, 15) is 8.42 Å². The van der Waals surface area contributed by atoms with Gasteiger partial charge in [-0.05, 0) is 6.07 Å². The van der Waals surface area contributed by atoms with E-state index in [1.807, 2.05) is 0 Å². The molecule has 0 amide bonds. The molecule has 2 rings (SSSR count). The van der Waals surface area contributed by atoms with Crippen LogP contribution in [0.2, 0.25) is 0 Å². The lowest BCUT2D eigenvalue weighted by Gasteiger charge is -2.01. The molecule has 2 heterocycles. The quantitative estimate of drug-likeness (QED) is 0.695. The summed E-state index contributed by atoms with van der Waals surface area (Å²) in [5.41, 5.74) is 0. The van der Waals surface area contributed by atoms with Gasteiger partial charge in [0.1, 0.15) is 12.5 Å². The van der Waals surface area contributed by atoms with Gasteiger partial charge in [0.05, 0.1) is 0 Å². The number of hydrogen-bond acceptors (Lipinski definition) is 5. The van der Waals surface area contributed by atoms with Gasteiger partial charge < -0.3 is 4.84 Å². The molecular formula is C7H9N3O3S. The van der Waals surface area contributed by atoms with E-state index in [0.717, 1.165) is 0 Å². The van der Waals surface area contributed by atoms with Gasteiger partial charge in [-0.2, -0.15) is 5.10 Å². The average molecular weight is 215 g/mol. The number of rotatable bonds is 2. The summed E-state index contributed by atoms with van der Waals surface area (Å²) in [7, 11) is -3.36. The number of oxime groups is 1. The van der Waals surface area contributed by atoms with Crippen molar-refractivity contribution in [3.8, 4) is 0 Å². The van der Waals surface area contributed by atoms with Crippen molar-refractivity contribution >= 4 is 14.9 Å². The molecule has 7 heteroatoms. The molecule has 0 N–H and O–H groups in total. The molecule has 1 aliphatic rings. The maximum absolute atomic E-state index is 11.6. The van der Waals surface area contributed by atoms with Crippen molar-refractivity contribution in [3.63, 3.8) is 0 Å². The molecule has 0 radical (unpaired) electrons. The molecule has 14 heavy (non-hydrogen) atoms. The van der Waals surface area contributed by atoms with Gasteiger partial charge in [0.2, 0.25) is 9.84 Å². The van der Waals surface area contributed by atoms with Gasteiger partial charge >= 0.3 is 0 Å². The Bertz CT molecular complexity index is 435. The van der Waals surface area contributed by atoms with Crippen LogP contribution >= 0.6 is 0 Å². The molecule has 1 aromatic heterocycles. The van der Waals surface area contributed by atoms with Crippen LogP contribution < -0.4 is 0 Å². The van der Waals surface area contributed by atoms with E-state index >= 15 is 0 Å². The minimum atomic E-state index is -3.36. The topological polar surface area (TPSA) is 73.5 Å². The second-order valence-electron chi connectivity index (χ2n) is 2.86. The van der Waals surface area contributed by atoms with Crippen molar-refractivity contribution in [2.24, 2.45) is 5.16 Å². The Labute approximate surface area is 81.1 Å². The van der Waals surface area contributed by atoms with Crippen molar-refractivity contribution in [2.45, 2.75) is 12.3 Å². The smallest absolute Gasteiger partial charge is 0.215 e. The van der Waals surface area contributed by atoms with Crippen molar-refractivity contribution in [1.29, 1.82) is 0 Å². The van der Waals surface area contributed by atoms with Crippen LogP contribution in [0.1, 0.15) is 6.42 Å². The molecule has 1 aromatic rings. The molecule has 76 valence electrons. The first kappa shape index (κ1) is 9.20. The molecule has 0 atom stereocenters. The summed E-state index contributed by atoms with van der Waals surface area (Å²) >= 11 is 0. The van der Waals surface area contributed by atoms with E-state index in [0.29, 0.717) is 13.0 Å². The summed E-state index contributed by atoms with van der Waals surface area (Å²) in [6, 6.07) is 1.67. The van der Waals surface area contributed by atoms with Crippen molar-refractivity contribution < 1.29 is 13.3 Å². The standard InChI is InChI=1S/C7H9N3O3S/c11-14(12,7-2-5-13-9-7)6-10-4-1-3-8-10/h1,3-4H,2,5-6H2. The Morgan fingerprint density at radius 3 is 3.00 bits per heavy atom.